The number of ether oxygens (including phenoxy) is 6. The highest BCUT2D eigenvalue weighted by Gasteiger charge is 2.54. The van der Waals surface area contributed by atoms with Gasteiger partial charge in [0, 0.05) is 23.6 Å². The van der Waals surface area contributed by atoms with E-state index >= 15 is 0 Å². The number of hydrogen-bond acceptors (Lipinski definition) is 11. The molecule has 6 rings (SSSR count). The fourth-order valence-electron chi connectivity index (χ4n) is 5.43. The first-order chi connectivity index (χ1) is 18.4. The fourth-order valence-corrected chi connectivity index (χ4v) is 5.43. The predicted octanol–water partition coefficient (Wildman–Crippen LogP) is 3.07. The summed E-state index contributed by atoms with van der Waals surface area (Å²) in [5.41, 5.74) is 2.71. The molecule has 0 unspecified atom stereocenters. The van der Waals surface area contributed by atoms with Crippen LogP contribution >= 0.6 is 0 Å². The lowest BCUT2D eigenvalue weighted by Gasteiger charge is -2.38. The largest absolute Gasteiger partial charge is 0.502 e. The van der Waals surface area contributed by atoms with Crippen LogP contribution in [0.2, 0.25) is 0 Å². The van der Waals surface area contributed by atoms with E-state index in [-0.39, 0.29) is 36.3 Å². The number of rotatable bonds is 5. The number of aryl methyl sites for hydroxylation is 1. The first-order valence-corrected chi connectivity index (χ1v) is 11.9. The Morgan fingerprint density at radius 3 is 2.29 bits per heavy atom. The number of cyclic esters (lactones) is 1. The fraction of sp³-hybridized carbons (Fsp3) is 0.333. The monoisotopic (exact) mass is 520 g/mol. The van der Waals surface area contributed by atoms with Gasteiger partial charge < -0.3 is 33.5 Å². The number of esters is 2. The minimum atomic E-state index is -0.830. The number of hydrogen-bond donors (Lipinski definition) is 1. The Morgan fingerprint density at radius 1 is 0.974 bits per heavy atom. The van der Waals surface area contributed by atoms with Gasteiger partial charge in [0.2, 0.25) is 12.5 Å². The molecule has 1 N–H and O–H groups in total. The minimum Gasteiger partial charge on any atom is -0.502 e. The number of phenolic OH excluding ortho intramolecular Hbond substituents is 1. The quantitative estimate of drug-likeness (QED) is 0.497. The molecule has 3 aliphatic rings. The molecule has 2 aromatic carbocycles. The molecule has 1 fully saturated rings. The maximum Gasteiger partial charge on any atom is 0.359 e. The number of methoxy groups -OCH3 is 2. The van der Waals surface area contributed by atoms with Crippen molar-refractivity contribution in [3.8, 4) is 28.7 Å². The summed E-state index contributed by atoms with van der Waals surface area (Å²) in [5, 5.41) is 10.5. The Bertz CT molecular complexity index is 1410. The second-order valence-corrected chi connectivity index (χ2v) is 9.27. The van der Waals surface area contributed by atoms with Gasteiger partial charge in [-0.2, -0.15) is 0 Å². The maximum absolute atomic E-state index is 13.2. The van der Waals surface area contributed by atoms with Crippen LogP contribution < -0.4 is 18.9 Å². The Kier molecular flexibility index (Phi) is 5.70. The van der Waals surface area contributed by atoms with E-state index in [1.807, 2.05) is 0 Å². The normalized spacial score (nSPS) is 22.8. The van der Waals surface area contributed by atoms with Crippen molar-refractivity contribution < 1.29 is 43.1 Å². The Morgan fingerprint density at radius 2 is 1.66 bits per heavy atom. The molecule has 2 aliphatic heterocycles. The number of aromatic hydroxyl groups is 1. The number of phenols is 1. The van der Waals surface area contributed by atoms with Crippen LogP contribution in [0.15, 0.2) is 36.7 Å². The Balaban J connectivity index is 1.51. The van der Waals surface area contributed by atoms with Crippen molar-refractivity contribution in [2.75, 3.05) is 27.6 Å². The van der Waals surface area contributed by atoms with Gasteiger partial charge in [-0.1, -0.05) is 0 Å². The van der Waals surface area contributed by atoms with Gasteiger partial charge in [-0.25, -0.2) is 9.78 Å². The molecule has 1 aliphatic carbocycles. The smallest absolute Gasteiger partial charge is 0.359 e. The van der Waals surface area contributed by atoms with E-state index in [1.165, 1.54) is 26.6 Å². The lowest BCUT2D eigenvalue weighted by atomic mass is 9.66. The third-order valence-corrected chi connectivity index (χ3v) is 7.20. The van der Waals surface area contributed by atoms with Crippen LogP contribution in [-0.4, -0.2) is 54.6 Å². The number of carbonyl (C=O) groups is 2. The van der Waals surface area contributed by atoms with Gasteiger partial charge in [0.1, 0.15) is 6.10 Å². The topological polar surface area (TPSA) is 136 Å². The number of carbonyl (C=O) groups excluding carboxylic acids is 2. The molecule has 196 valence electrons. The molecule has 3 aromatic rings. The van der Waals surface area contributed by atoms with Crippen LogP contribution in [0.25, 0.3) is 0 Å². The molecule has 0 saturated carbocycles. The van der Waals surface area contributed by atoms with Crippen LogP contribution in [0.1, 0.15) is 44.9 Å². The first kappa shape index (κ1) is 23.8. The SMILES string of the molecule is COc1cc([C@@H]2c3cc4c(cc3[C@@H](OC(=O)c3cnc(C)cn3)[C@H]3COC(=O)[C@H]23)OCO4)cc(OC)c1O. The summed E-state index contributed by atoms with van der Waals surface area (Å²) in [7, 11) is 2.86. The van der Waals surface area contributed by atoms with Crippen molar-refractivity contribution in [2.24, 2.45) is 11.8 Å². The summed E-state index contributed by atoms with van der Waals surface area (Å²) in [6.45, 7) is 1.86. The molecule has 11 heteroatoms. The van der Waals surface area contributed by atoms with E-state index in [0.717, 1.165) is 0 Å². The standard InChI is InChI=1S/C27H24N2O9/c1-12-8-29-17(9-28-12)26(31)38-25-15-7-19-18(36-11-37-19)6-14(15)22(23-16(25)10-35-27(23)32)13-4-20(33-2)24(30)21(5-13)34-3/h4-9,16,22-23,25,30H,10-11H2,1-3H3/t16-,22+,23-,25+/m0/s1. The number of fused-ring (bicyclic) bond motifs is 3. The van der Waals surface area contributed by atoms with E-state index in [0.29, 0.717) is 33.9 Å². The molecule has 0 bridgehead atoms. The van der Waals surface area contributed by atoms with Gasteiger partial charge in [0.15, 0.2) is 28.7 Å². The molecule has 11 nitrogen and oxygen atoms in total. The van der Waals surface area contributed by atoms with Crippen LogP contribution in [0.5, 0.6) is 28.7 Å². The van der Waals surface area contributed by atoms with E-state index < -0.39 is 35.8 Å². The molecule has 0 radical (unpaired) electrons. The molecule has 1 aromatic heterocycles. The summed E-state index contributed by atoms with van der Waals surface area (Å²) in [6, 6.07) is 6.89. The van der Waals surface area contributed by atoms with Gasteiger partial charge in [0.25, 0.3) is 0 Å². The molecule has 0 amide bonds. The minimum absolute atomic E-state index is 0.0437. The van der Waals surface area contributed by atoms with Crippen molar-refractivity contribution >= 4 is 11.9 Å². The van der Waals surface area contributed by atoms with Gasteiger partial charge >= 0.3 is 11.9 Å². The van der Waals surface area contributed by atoms with Gasteiger partial charge in [-0.15, -0.1) is 0 Å². The van der Waals surface area contributed by atoms with E-state index in [2.05, 4.69) is 9.97 Å². The number of benzene rings is 2. The predicted molar refractivity (Wildman–Crippen MR) is 128 cm³/mol. The second-order valence-electron chi connectivity index (χ2n) is 9.27. The van der Waals surface area contributed by atoms with Crippen molar-refractivity contribution in [3.63, 3.8) is 0 Å². The highest BCUT2D eigenvalue weighted by atomic mass is 16.7. The van der Waals surface area contributed by atoms with Crippen LogP contribution in [-0.2, 0) is 14.3 Å². The highest BCUT2D eigenvalue weighted by molar-refractivity contribution is 5.87. The van der Waals surface area contributed by atoms with Gasteiger partial charge in [-0.3, -0.25) is 9.78 Å². The molecule has 3 heterocycles. The average Bonchev–Trinajstić information content (AvgIpc) is 3.54. The van der Waals surface area contributed by atoms with Gasteiger partial charge in [0.05, 0.1) is 38.6 Å². The third kappa shape index (κ3) is 3.73. The lowest BCUT2D eigenvalue weighted by molar-refractivity contribution is -0.141. The maximum atomic E-state index is 13.2. The molecule has 0 spiro atoms. The van der Waals surface area contributed by atoms with Crippen molar-refractivity contribution in [1.82, 2.24) is 9.97 Å². The van der Waals surface area contributed by atoms with Crippen LogP contribution in [0, 0.1) is 18.8 Å². The molecule has 1 saturated heterocycles. The zero-order chi connectivity index (χ0) is 26.6. The number of nitrogens with zero attached hydrogens (tertiary/aromatic N) is 2. The van der Waals surface area contributed by atoms with Crippen molar-refractivity contribution in [3.05, 3.63) is 64.7 Å². The zero-order valence-corrected chi connectivity index (χ0v) is 20.8. The molecular weight excluding hydrogens is 496 g/mol. The molecule has 38 heavy (non-hydrogen) atoms. The van der Waals surface area contributed by atoms with Crippen molar-refractivity contribution in [2.45, 2.75) is 18.9 Å². The van der Waals surface area contributed by atoms with E-state index in [1.54, 1.807) is 31.2 Å². The summed E-state index contributed by atoms with van der Waals surface area (Å²) in [6.07, 6.45) is 2.01. The lowest BCUT2D eigenvalue weighted by Crippen LogP contribution is -2.36. The summed E-state index contributed by atoms with van der Waals surface area (Å²) in [5.74, 6) is -1.62. The first-order valence-electron chi connectivity index (χ1n) is 11.9. The third-order valence-electron chi connectivity index (χ3n) is 7.20. The zero-order valence-electron chi connectivity index (χ0n) is 20.8. The van der Waals surface area contributed by atoms with E-state index in [4.69, 9.17) is 28.4 Å². The second kappa shape index (κ2) is 9.09. The highest BCUT2D eigenvalue weighted by Crippen LogP contribution is 2.56. The summed E-state index contributed by atoms with van der Waals surface area (Å²) < 4.78 is 33.5. The Labute approximate surface area is 217 Å². The summed E-state index contributed by atoms with van der Waals surface area (Å²) >= 11 is 0. The molecular formula is C27H24N2O9. The average molecular weight is 520 g/mol. The van der Waals surface area contributed by atoms with Crippen molar-refractivity contribution in [1.29, 1.82) is 0 Å². The van der Waals surface area contributed by atoms with Gasteiger partial charge in [-0.05, 0) is 42.3 Å². The van der Waals surface area contributed by atoms with Crippen LogP contribution in [0.4, 0.5) is 0 Å². The molecule has 4 atom stereocenters. The Hall–Kier alpha value is -4.54. The summed E-state index contributed by atoms with van der Waals surface area (Å²) in [4.78, 5) is 34.6. The van der Waals surface area contributed by atoms with E-state index in [9.17, 15) is 14.7 Å². The van der Waals surface area contributed by atoms with Crippen LogP contribution in [0.3, 0.4) is 0 Å². The number of aromatic nitrogens is 2.